The maximum absolute atomic E-state index is 6.21. The van der Waals surface area contributed by atoms with Crippen LogP contribution in [0.25, 0.3) is 0 Å². The molecule has 104 valence electrons. The second-order valence-corrected chi connectivity index (χ2v) is 6.99. The molecule has 3 heteroatoms. The molecule has 0 aromatic heterocycles. The van der Waals surface area contributed by atoms with E-state index in [9.17, 15) is 0 Å². The molecule has 2 aromatic rings. The highest BCUT2D eigenvalue weighted by atomic mass is 35.5. The van der Waals surface area contributed by atoms with Crippen molar-refractivity contribution in [2.75, 3.05) is 11.6 Å². The molecule has 0 saturated carbocycles. The van der Waals surface area contributed by atoms with E-state index in [1.54, 1.807) is 0 Å². The highest BCUT2D eigenvalue weighted by Gasteiger charge is 2.26. The second-order valence-electron chi connectivity index (χ2n) is 5.18. The Bertz CT molecular complexity index is 580. The zero-order chi connectivity index (χ0) is 13.9. The fraction of sp³-hybridized carbons (Fsp3) is 0.294. The molecule has 0 spiro atoms. The predicted molar refractivity (Wildman–Crippen MR) is 89.4 cm³/mol. The van der Waals surface area contributed by atoms with E-state index < -0.39 is 0 Å². The molecule has 3 rings (SSSR count). The standard InChI is InChI=1S/C17H16Cl2S/c18-10-13(12-5-7-15(19)8-6-12)9-14-11-20-17-4-2-1-3-16(14)17/h1-8,13-14H,9-11H2. The smallest absolute Gasteiger partial charge is 0.0406 e. The van der Waals surface area contributed by atoms with Crippen LogP contribution < -0.4 is 0 Å². The van der Waals surface area contributed by atoms with E-state index in [-0.39, 0.29) is 0 Å². The molecule has 0 amide bonds. The second kappa shape index (κ2) is 6.43. The first-order valence-electron chi connectivity index (χ1n) is 6.81. The van der Waals surface area contributed by atoms with E-state index in [0.717, 1.165) is 11.4 Å². The summed E-state index contributed by atoms with van der Waals surface area (Å²) in [4.78, 5) is 1.43. The fourth-order valence-corrected chi connectivity index (χ4v) is 4.49. The molecule has 2 aromatic carbocycles. The van der Waals surface area contributed by atoms with Crippen molar-refractivity contribution in [2.24, 2.45) is 0 Å². The molecule has 0 aliphatic carbocycles. The number of hydrogen-bond acceptors (Lipinski definition) is 1. The van der Waals surface area contributed by atoms with Gasteiger partial charge >= 0.3 is 0 Å². The molecule has 0 nitrogen and oxygen atoms in total. The Balaban J connectivity index is 1.78. The van der Waals surface area contributed by atoms with Gasteiger partial charge in [-0.1, -0.05) is 41.9 Å². The fourth-order valence-electron chi connectivity index (χ4n) is 2.79. The van der Waals surface area contributed by atoms with Crippen molar-refractivity contribution in [3.8, 4) is 0 Å². The zero-order valence-corrected chi connectivity index (χ0v) is 13.4. The van der Waals surface area contributed by atoms with Gasteiger partial charge in [-0.05, 0) is 47.6 Å². The predicted octanol–water partition coefficient (Wildman–Crippen LogP) is 5.94. The van der Waals surface area contributed by atoms with Crippen molar-refractivity contribution in [3.05, 3.63) is 64.7 Å². The van der Waals surface area contributed by atoms with Gasteiger partial charge in [0, 0.05) is 21.6 Å². The first-order chi connectivity index (χ1) is 9.78. The third-order valence-electron chi connectivity index (χ3n) is 3.90. The van der Waals surface area contributed by atoms with Crippen molar-refractivity contribution in [1.29, 1.82) is 0 Å². The van der Waals surface area contributed by atoms with E-state index >= 15 is 0 Å². The lowest BCUT2D eigenvalue weighted by Crippen LogP contribution is -2.07. The Kier molecular flexibility index (Phi) is 4.60. The van der Waals surface area contributed by atoms with Crippen molar-refractivity contribution in [3.63, 3.8) is 0 Å². The maximum Gasteiger partial charge on any atom is 0.0406 e. The van der Waals surface area contributed by atoms with Crippen LogP contribution in [0, 0.1) is 0 Å². The average Bonchev–Trinajstić information content (AvgIpc) is 2.89. The van der Waals surface area contributed by atoms with Crippen LogP contribution in [-0.2, 0) is 0 Å². The Morgan fingerprint density at radius 1 is 1.10 bits per heavy atom. The summed E-state index contributed by atoms with van der Waals surface area (Å²) < 4.78 is 0. The van der Waals surface area contributed by atoms with Gasteiger partial charge in [0.25, 0.3) is 0 Å². The average molecular weight is 323 g/mol. The monoisotopic (exact) mass is 322 g/mol. The lowest BCUT2D eigenvalue weighted by Gasteiger charge is -2.19. The van der Waals surface area contributed by atoms with Gasteiger partial charge in [-0.2, -0.15) is 0 Å². The van der Waals surface area contributed by atoms with Crippen LogP contribution in [0.1, 0.15) is 29.4 Å². The summed E-state index contributed by atoms with van der Waals surface area (Å²) in [6.07, 6.45) is 1.11. The molecule has 0 radical (unpaired) electrons. The lowest BCUT2D eigenvalue weighted by molar-refractivity contribution is 0.604. The first kappa shape index (κ1) is 14.3. The number of fused-ring (bicyclic) bond motifs is 1. The molecular weight excluding hydrogens is 307 g/mol. The van der Waals surface area contributed by atoms with Crippen LogP contribution in [0.15, 0.2) is 53.4 Å². The first-order valence-corrected chi connectivity index (χ1v) is 8.71. The molecule has 1 aliphatic heterocycles. The van der Waals surface area contributed by atoms with Gasteiger partial charge in [0.15, 0.2) is 0 Å². The van der Waals surface area contributed by atoms with Crippen LogP contribution in [0.3, 0.4) is 0 Å². The Morgan fingerprint density at radius 2 is 1.85 bits per heavy atom. The molecule has 0 bridgehead atoms. The van der Waals surface area contributed by atoms with Crippen LogP contribution in [-0.4, -0.2) is 11.6 Å². The topological polar surface area (TPSA) is 0 Å². The summed E-state index contributed by atoms with van der Waals surface area (Å²) >= 11 is 14.1. The highest BCUT2D eigenvalue weighted by Crippen LogP contribution is 2.44. The number of halogens is 2. The van der Waals surface area contributed by atoms with Gasteiger partial charge in [0.05, 0.1) is 0 Å². The quantitative estimate of drug-likeness (QED) is 0.627. The number of benzene rings is 2. The number of alkyl halides is 1. The maximum atomic E-state index is 6.21. The van der Waals surface area contributed by atoms with Crippen LogP contribution in [0.2, 0.25) is 5.02 Å². The largest absolute Gasteiger partial charge is 0.126 e. The van der Waals surface area contributed by atoms with E-state index in [1.807, 2.05) is 23.9 Å². The van der Waals surface area contributed by atoms with E-state index in [0.29, 0.717) is 17.7 Å². The highest BCUT2D eigenvalue weighted by molar-refractivity contribution is 7.99. The van der Waals surface area contributed by atoms with Crippen LogP contribution in [0.4, 0.5) is 0 Å². The van der Waals surface area contributed by atoms with Gasteiger partial charge in [0.2, 0.25) is 0 Å². The molecule has 20 heavy (non-hydrogen) atoms. The summed E-state index contributed by atoms with van der Waals surface area (Å²) in [6.45, 7) is 0. The van der Waals surface area contributed by atoms with Crippen molar-refractivity contribution >= 4 is 35.0 Å². The van der Waals surface area contributed by atoms with Crippen molar-refractivity contribution in [1.82, 2.24) is 0 Å². The summed E-state index contributed by atoms with van der Waals surface area (Å²) in [5.74, 6) is 2.83. The normalized spacial score (nSPS) is 18.8. The summed E-state index contributed by atoms with van der Waals surface area (Å²) in [7, 11) is 0. The number of rotatable bonds is 4. The van der Waals surface area contributed by atoms with Gasteiger partial charge in [0.1, 0.15) is 0 Å². The van der Waals surface area contributed by atoms with Crippen LogP contribution in [0.5, 0.6) is 0 Å². The van der Waals surface area contributed by atoms with Gasteiger partial charge in [-0.3, -0.25) is 0 Å². The van der Waals surface area contributed by atoms with E-state index in [4.69, 9.17) is 23.2 Å². The molecule has 0 saturated heterocycles. The Labute approximate surface area is 134 Å². The van der Waals surface area contributed by atoms with Gasteiger partial charge in [-0.15, -0.1) is 23.4 Å². The minimum atomic E-state index is 0.394. The van der Waals surface area contributed by atoms with Gasteiger partial charge in [-0.25, -0.2) is 0 Å². The number of hydrogen-bond donors (Lipinski definition) is 0. The third kappa shape index (κ3) is 3.00. The minimum Gasteiger partial charge on any atom is -0.126 e. The molecule has 0 fully saturated rings. The van der Waals surface area contributed by atoms with Crippen molar-refractivity contribution < 1.29 is 0 Å². The van der Waals surface area contributed by atoms with Crippen LogP contribution >= 0.6 is 35.0 Å². The molecule has 2 atom stereocenters. The lowest BCUT2D eigenvalue weighted by atomic mass is 9.87. The molecule has 2 unspecified atom stereocenters. The number of thioether (sulfide) groups is 1. The third-order valence-corrected chi connectivity index (χ3v) is 5.77. The van der Waals surface area contributed by atoms with Crippen molar-refractivity contribution in [2.45, 2.75) is 23.2 Å². The summed E-state index contributed by atoms with van der Waals surface area (Å²) in [6, 6.07) is 16.8. The Hall–Kier alpha value is -0.630. The zero-order valence-electron chi connectivity index (χ0n) is 11.1. The summed E-state index contributed by atoms with van der Waals surface area (Å²) in [5.41, 5.74) is 2.78. The van der Waals surface area contributed by atoms with E-state index in [2.05, 4.69) is 36.4 Å². The van der Waals surface area contributed by atoms with Gasteiger partial charge < -0.3 is 0 Å². The Morgan fingerprint density at radius 3 is 2.60 bits per heavy atom. The SMILES string of the molecule is ClCC(CC1CSc2ccccc21)c1ccc(Cl)cc1. The molecule has 1 aliphatic rings. The minimum absolute atomic E-state index is 0.394. The molecular formula is C17H16Cl2S. The molecule has 0 N–H and O–H groups in total. The summed E-state index contributed by atoms with van der Waals surface area (Å²) in [5, 5.41) is 0.781. The molecule has 1 heterocycles. The van der Waals surface area contributed by atoms with E-state index in [1.165, 1.54) is 21.8 Å².